The van der Waals surface area contributed by atoms with Crippen LogP contribution in [0, 0.1) is 0 Å². The number of benzene rings is 1. The van der Waals surface area contributed by atoms with Gasteiger partial charge in [0.25, 0.3) is 0 Å². The van der Waals surface area contributed by atoms with Crippen LogP contribution in [0.5, 0.6) is 0 Å². The second-order valence-corrected chi connectivity index (χ2v) is 4.19. The number of allylic oxidation sites excluding steroid dienone is 1. The van der Waals surface area contributed by atoms with E-state index in [1.54, 1.807) is 0 Å². The van der Waals surface area contributed by atoms with Crippen LogP contribution in [0.3, 0.4) is 0 Å². The summed E-state index contributed by atoms with van der Waals surface area (Å²) in [6, 6.07) is 11.3. The van der Waals surface area contributed by atoms with Crippen LogP contribution in [-0.2, 0) is 0 Å². The number of hydrogen-bond donors (Lipinski definition) is 1. The SMILES string of the molecule is C=CCCC(NC)C(CC)c1ccccc1. The van der Waals surface area contributed by atoms with Gasteiger partial charge in [0.1, 0.15) is 0 Å². The van der Waals surface area contributed by atoms with Gasteiger partial charge in [0.2, 0.25) is 0 Å². The Morgan fingerprint density at radius 1 is 1.31 bits per heavy atom. The second-order valence-electron chi connectivity index (χ2n) is 4.19. The molecule has 0 aromatic heterocycles. The van der Waals surface area contributed by atoms with Crippen molar-refractivity contribution in [3.05, 3.63) is 48.6 Å². The van der Waals surface area contributed by atoms with Gasteiger partial charge in [-0.2, -0.15) is 0 Å². The fourth-order valence-corrected chi connectivity index (χ4v) is 2.30. The van der Waals surface area contributed by atoms with Gasteiger partial charge < -0.3 is 5.32 Å². The molecular formula is C15H23N. The molecule has 0 aliphatic rings. The zero-order chi connectivity index (χ0) is 11.8. The minimum absolute atomic E-state index is 0.547. The summed E-state index contributed by atoms with van der Waals surface area (Å²) in [6.07, 6.45) is 5.41. The molecule has 1 heteroatoms. The Bertz CT molecular complexity index is 292. The predicted octanol–water partition coefficient (Wildman–Crippen LogP) is 3.73. The largest absolute Gasteiger partial charge is 0.316 e. The molecule has 2 atom stereocenters. The minimum Gasteiger partial charge on any atom is -0.316 e. The van der Waals surface area contributed by atoms with Gasteiger partial charge in [-0.05, 0) is 37.8 Å². The first kappa shape index (κ1) is 13.0. The molecule has 1 rings (SSSR count). The maximum atomic E-state index is 3.80. The normalized spacial score (nSPS) is 14.4. The van der Waals surface area contributed by atoms with Gasteiger partial charge in [0, 0.05) is 6.04 Å². The van der Waals surface area contributed by atoms with Crippen LogP contribution in [0.15, 0.2) is 43.0 Å². The maximum absolute atomic E-state index is 3.80. The lowest BCUT2D eigenvalue weighted by atomic mass is 9.87. The van der Waals surface area contributed by atoms with Crippen molar-refractivity contribution >= 4 is 0 Å². The average molecular weight is 217 g/mol. The molecule has 2 unspecified atom stereocenters. The first-order valence-electron chi connectivity index (χ1n) is 6.16. The molecule has 88 valence electrons. The summed E-state index contributed by atoms with van der Waals surface area (Å²) in [5.74, 6) is 0.603. The fraction of sp³-hybridized carbons (Fsp3) is 0.467. The van der Waals surface area contributed by atoms with E-state index in [9.17, 15) is 0 Å². The molecule has 0 saturated carbocycles. The van der Waals surface area contributed by atoms with E-state index in [2.05, 4.69) is 56.2 Å². The third-order valence-electron chi connectivity index (χ3n) is 3.21. The van der Waals surface area contributed by atoms with E-state index in [4.69, 9.17) is 0 Å². The van der Waals surface area contributed by atoms with Gasteiger partial charge in [-0.1, -0.05) is 43.3 Å². The molecular weight excluding hydrogens is 194 g/mol. The molecule has 0 aliphatic heterocycles. The van der Waals surface area contributed by atoms with Gasteiger partial charge >= 0.3 is 0 Å². The zero-order valence-corrected chi connectivity index (χ0v) is 10.4. The van der Waals surface area contributed by atoms with Crippen molar-refractivity contribution in [3.8, 4) is 0 Å². The molecule has 0 heterocycles. The molecule has 0 saturated heterocycles. The summed E-state index contributed by atoms with van der Waals surface area (Å²) in [6.45, 7) is 6.06. The summed E-state index contributed by atoms with van der Waals surface area (Å²) >= 11 is 0. The lowest BCUT2D eigenvalue weighted by Gasteiger charge is -2.26. The van der Waals surface area contributed by atoms with Crippen molar-refractivity contribution in [2.24, 2.45) is 0 Å². The van der Waals surface area contributed by atoms with Gasteiger partial charge in [0.05, 0.1) is 0 Å². The molecule has 0 radical (unpaired) electrons. The van der Waals surface area contributed by atoms with Crippen molar-refractivity contribution in [2.45, 2.75) is 38.1 Å². The van der Waals surface area contributed by atoms with Crippen LogP contribution in [-0.4, -0.2) is 13.1 Å². The highest BCUT2D eigenvalue weighted by molar-refractivity contribution is 5.21. The minimum atomic E-state index is 0.547. The molecule has 1 nitrogen and oxygen atoms in total. The lowest BCUT2D eigenvalue weighted by molar-refractivity contribution is 0.428. The summed E-state index contributed by atoms with van der Waals surface area (Å²) in [5.41, 5.74) is 1.44. The Morgan fingerprint density at radius 3 is 2.50 bits per heavy atom. The Kier molecular flexibility index (Phi) is 5.87. The van der Waals surface area contributed by atoms with Crippen LogP contribution >= 0.6 is 0 Å². The van der Waals surface area contributed by atoms with E-state index in [1.807, 2.05) is 6.08 Å². The quantitative estimate of drug-likeness (QED) is 0.686. The van der Waals surface area contributed by atoms with E-state index in [0.717, 1.165) is 12.8 Å². The van der Waals surface area contributed by atoms with E-state index < -0.39 is 0 Å². The molecule has 1 aromatic rings. The van der Waals surface area contributed by atoms with Crippen LogP contribution < -0.4 is 5.32 Å². The first-order chi connectivity index (χ1) is 7.83. The third kappa shape index (κ3) is 3.49. The molecule has 16 heavy (non-hydrogen) atoms. The zero-order valence-electron chi connectivity index (χ0n) is 10.4. The van der Waals surface area contributed by atoms with Gasteiger partial charge in [0.15, 0.2) is 0 Å². The molecule has 0 bridgehead atoms. The lowest BCUT2D eigenvalue weighted by Crippen LogP contribution is -2.31. The number of rotatable bonds is 7. The number of likely N-dealkylation sites (N-methyl/N-ethyl adjacent to an activating group) is 1. The first-order valence-corrected chi connectivity index (χ1v) is 6.16. The van der Waals surface area contributed by atoms with E-state index in [1.165, 1.54) is 12.0 Å². The predicted molar refractivity (Wildman–Crippen MR) is 71.8 cm³/mol. The third-order valence-corrected chi connectivity index (χ3v) is 3.21. The van der Waals surface area contributed by atoms with E-state index in [0.29, 0.717) is 12.0 Å². The van der Waals surface area contributed by atoms with Crippen molar-refractivity contribution in [1.29, 1.82) is 0 Å². The topological polar surface area (TPSA) is 12.0 Å². The molecule has 0 spiro atoms. The summed E-state index contributed by atoms with van der Waals surface area (Å²) in [4.78, 5) is 0. The molecule has 0 aliphatic carbocycles. The number of nitrogens with one attached hydrogen (secondary N) is 1. The summed E-state index contributed by atoms with van der Waals surface area (Å²) in [7, 11) is 2.05. The van der Waals surface area contributed by atoms with Crippen molar-refractivity contribution in [3.63, 3.8) is 0 Å². The molecule has 1 aromatic carbocycles. The van der Waals surface area contributed by atoms with Crippen LogP contribution in [0.25, 0.3) is 0 Å². The number of hydrogen-bond acceptors (Lipinski definition) is 1. The molecule has 1 N–H and O–H groups in total. The van der Waals surface area contributed by atoms with Gasteiger partial charge in [-0.15, -0.1) is 6.58 Å². The van der Waals surface area contributed by atoms with Crippen molar-refractivity contribution in [2.75, 3.05) is 7.05 Å². The standard InChI is InChI=1S/C15H23N/c1-4-6-12-15(16-3)14(5-2)13-10-8-7-9-11-13/h4,7-11,14-16H,1,5-6,12H2,2-3H3. The van der Waals surface area contributed by atoms with Crippen LogP contribution in [0.2, 0.25) is 0 Å². The van der Waals surface area contributed by atoms with E-state index >= 15 is 0 Å². The van der Waals surface area contributed by atoms with E-state index in [-0.39, 0.29) is 0 Å². The Morgan fingerprint density at radius 2 is 2.00 bits per heavy atom. The highest BCUT2D eigenvalue weighted by Crippen LogP contribution is 2.25. The average Bonchev–Trinajstić information content (AvgIpc) is 2.35. The van der Waals surface area contributed by atoms with Crippen molar-refractivity contribution in [1.82, 2.24) is 5.32 Å². The Labute approximate surface area is 99.6 Å². The highest BCUT2D eigenvalue weighted by Gasteiger charge is 2.18. The highest BCUT2D eigenvalue weighted by atomic mass is 14.9. The van der Waals surface area contributed by atoms with Crippen molar-refractivity contribution < 1.29 is 0 Å². The maximum Gasteiger partial charge on any atom is 0.0136 e. The smallest absolute Gasteiger partial charge is 0.0136 e. The second kappa shape index (κ2) is 7.24. The van der Waals surface area contributed by atoms with Crippen LogP contribution in [0.1, 0.15) is 37.7 Å². The fourth-order valence-electron chi connectivity index (χ4n) is 2.30. The monoisotopic (exact) mass is 217 g/mol. The van der Waals surface area contributed by atoms with Gasteiger partial charge in [-0.25, -0.2) is 0 Å². The van der Waals surface area contributed by atoms with Gasteiger partial charge in [-0.3, -0.25) is 0 Å². The molecule has 0 amide bonds. The summed E-state index contributed by atoms with van der Waals surface area (Å²) in [5, 5.41) is 3.44. The molecule has 0 fully saturated rings. The Balaban J connectivity index is 2.74. The van der Waals surface area contributed by atoms with Crippen LogP contribution in [0.4, 0.5) is 0 Å². The summed E-state index contributed by atoms with van der Waals surface area (Å²) < 4.78 is 0. The Hall–Kier alpha value is -1.08.